The molecule has 2 fully saturated rings. The Bertz CT molecular complexity index is 752. The van der Waals surface area contributed by atoms with Crippen molar-refractivity contribution in [2.24, 2.45) is 4.99 Å². The van der Waals surface area contributed by atoms with Gasteiger partial charge in [0.2, 0.25) is 5.91 Å². The summed E-state index contributed by atoms with van der Waals surface area (Å²) >= 11 is 6.20. The molecule has 1 aromatic rings. The van der Waals surface area contributed by atoms with Crippen molar-refractivity contribution in [3.63, 3.8) is 0 Å². The van der Waals surface area contributed by atoms with E-state index in [-0.39, 0.29) is 24.6 Å². The van der Waals surface area contributed by atoms with Gasteiger partial charge in [0.05, 0.1) is 18.9 Å². The molecule has 2 aliphatic heterocycles. The summed E-state index contributed by atoms with van der Waals surface area (Å²) in [5.74, 6) is 1.41. The van der Waals surface area contributed by atoms with Gasteiger partial charge in [-0.2, -0.15) is 0 Å². The molecule has 2 N–H and O–H groups in total. The van der Waals surface area contributed by atoms with Gasteiger partial charge in [-0.3, -0.25) is 4.79 Å². The van der Waals surface area contributed by atoms with Gasteiger partial charge >= 0.3 is 0 Å². The summed E-state index contributed by atoms with van der Waals surface area (Å²) in [5.41, 5.74) is 0.989. The largest absolute Gasteiger partial charge is 0.495 e. The van der Waals surface area contributed by atoms with Crippen LogP contribution in [0.5, 0.6) is 5.75 Å². The Morgan fingerprint density at radius 3 is 2.93 bits per heavy atom. The van der Waals surface area contributed by atoms with Crippen molar-refractivity contribution in [2.45, 2.75) is 31.4 Å². The summed E-state index contributed by atoms with van der Waals surface area (Å²) in [6.07, 6.45) is 3.27. The third-order valence-corrected chi connectivity index (χ3v) is 5.64. The molecule has 3 rings (SSSR count). The van der Waals surface area contributed by atoms with E-state index in [0.29, 0.717) is 17.5 Å². The molecular formula is C21H32ClN5O3. The lowest BCUT2D eigenvalue weighted by atomic mass is 10.2. The normalized spacial score (nSPS) is 21.6. The lowest BCUT2D eigenvalue weighted by molar-refractivity contribution is -0.127. The summed E-state index contributed by atoms with van der Waals surface area (Å²) in [4.78, 5) is 20.3. The minimum Gasteiger partial charge on any atom is -0.495 e. The number of halogens is 1. The average molecular weight is 438 g/mol. The lowest BCUT2D eigenvalue weighted by Gasteiger charge is -2.23. The molecular weight excluding hydrogens is 406 g/mol. The molecule has 0 aliphatic carbocycles. The highest BCUT2D eigenvalue weighted by atomic mass is 35.5. The van der Waals surface area contributed by atoms with E-state index in [2.05, 4.69) is 20.5 Å². The van der Waals surface area contributed by atoms with E-state index in [4.69, 9.17) is 21.1 Å². The summed E-state index contributed by atoms with van der Waals surface area (Å²) in [6.45, 7) is 3.26. The van der Waals surface area contributed by atoms with Gasteiger partial charge in [-0.15, -0.1) is 0 Å². The van der Waals surface area contributed by atoms with Crippen LogP contribution >= 0.6 is 11.6 Å². The van der Waals surface area contributed by atoms with Gasteiger partial charge in [-0.25, -0.2) is 4.99 Å². The maximum Gasteiger partial charge on any atom is 0.243 e. The van der Waals surface area contributed by atoms with E-state index in [1.807, 2.05) is 18.2 Å². The predicted molar refractivity (Wildman–Crippen MR) is 120 cm³/mol. The van der Waals surface area contributed by atoms with Gasteiger partial charge in [0.15, 0.2) is 5.96 Å². The SMILES string of the molecule is COc1ccc(Cl)cc1N1CCC(NC(=NCC(=O)N(C)C)NCC2CCCO2)C1. The molecule has 1 amide bonds. The van der Waals surface area contributed by atoms with Crippen LogP contribution in [0.3, 0.4) is 0 Å². The van der Waals surface area contributed by atoms with Gasteiger partial charge in [-0.05, 0) is 37.5 Å². The van der Waals surface area contributed by atoms with Gasteiger partial charge in [0, 0.05) is 51.4 Å². The second-order valence-electron chi connectivity index (χ2n) is 7.86. The third kappa shape index (κ3) is 6.15. The second-order valence-corrected chi connectivity index (χ2v) is 8.30. The first-order valence-corrected chi connectivity index (χ1v) is 10.8. The Hall–Kier alpha value is -2.19. The molecule has 2 aliphatic rings. The Kier molecular flexibility index (Phi) is 8.04. The summed E-state index contributed by atoms with van der Waals surface area (Å²) < 4.78 is 11.2. The van der Waals surface area contributed by atoms with Gasteiger partial charge in [0.1, 0.15) is 12.3 Å². The van der Waals surface area contributed by atoms with Crippen LogP contribution in [0.25, 0.3) is 0 Å². The fourth-order valence-corrected chi connectivity index (χ4v) is 3.82. The number of ether oxygens (including phenoxy) is 2. The van der Waals surface area contributed by atoms with Gasteiger partial charge in [-0.1, -0.05) is 11.6 Å². The van der Waals surface area contributed by atoms with Gasteiger partial charge < -0.3 is 29.9 Å². The number of aliphatic imine (C=N–C) groups is 1. The van der Waals surface area contributed by atoms with Crippen molar-refractivity contribution in [3.8, 4) is 5.75 Å². The Morgan fingerprint density at radius 2 is 2.23 bits per heavy atom. The standard InChI is InChI=1S/C21H32ClN5O3/c1-26(2)20(28)13-24-21(23-12-17-5-4-10-30-17)25-16-8-9-27(14-16)18-11-15(22)6-7-19(18)29-3/h6-7,11,16-17H,4-5,8-10,12-14H2,1-3H3,(H2,23,24,25). The average Bonchev–Trinajstić information content (AvgIpc) is 3.41. The number of amides is 1. The van der Waals surface area contributed by atoms with Crippen molar-refractivity contribution < 1.29 is 14.3 Å². The van der Waals surface area contributed by atoms with Crippen LogP contribution in [-0.4, -0.2) is 82.9 Å². The Morgan fingerprint density at radius 1 is 1.40 bits per heavy atom. The Balaban J connectivity index is 1.62. The van der Waals surface area contributed by atoms with Crippen LogP contribution in [0.15, 0.2) is 23.2 Å². The number of carbonyl (C=O) groups is 1. The molecule has 30 heavy (non-hydrogen) atoms. The highest BCUT2D eigenvalue weighted by molar-refractivity contribution is 6.30. The van der Waals surface area contributed by atoms with Gasteiger partial charge in [0.25, 0.3) is 0 Å². The minimum absolute atomic E-state index is 0.0371. The quantitative estimate of drug-likeness (QED) is 0.499. The fourth-order valence-electron chi connectivity index (χ4n) is 3.66. The highest BCUT2D eigenvalue weighted by Crippen LogP contribution is 2.33. The number of methoxy groups -OCH3 is 1. The topological polar surface area (TPSA) is 78.4 Å². The fraction of sp³-hybridized carbons (Fsp3) is 0.619. The highest BCUT2D eigenvalue weighted by Gasteiger charge is 2.26. The number of nitrogens with zero attached hydrogens (tertiary/aromatic N) is 3. The van der Waals surface area contributed by atoms with E-state index in [1.54, 1.807) is 26.1 Å². The monoisotopic (exact) mass is 437 g/mol. The molecule has 2 heterocycles. The predicted octanol–water partition coefficient (Wildman–Crippen LogP) is 1.73. The summed E-state index contributed by atoms with van der Waals surface area (Å²) in [5, 5.41) is 7.52. The van der Waals surface area contributed by atoms with Crippen LogP contribution in [0, 0.1) is 0 Å². The molecule has 8 nitrogen and oxygen atoms in total. The molecule has 0 bridgehead atoms. The third-order valence-electron chi connectivity index (χ3n) is 5.40. The van der Waals surface area contributed by atoms with E-state index >= 15 is 0 Å². The zero-order valence-electron chi connectivity index (χ0n) is 18.0. The number of likely N-dealkylation sites (N-methyl/N-ethyl adjacent to an activating group) is 1. The van der Waals surface area contributed by atoms with Crippen LogP contribution in [0.4, 0.5) is 5.69 Å². The zero-order valence-corrected chi connectivity index (χ0v) is 18.7. The minimum atomic E-state index is -0.0371. The first kappa shape index (κ1) is 22.5. The van der Waals surface area contributed by atoms with E-state index in [1.165, 1.54) is 0 Å². The molecule has 2 atom stereocenters. The molecule has 2 unspecified atom stereocenters. The molecule has 9 heteroatoms. The van der Waals surface area contributed by atoms with Crippen molar-refractivity contribution in [1.29, 1.82) is 0 Å². The molecule has 0 aromatic heterocycles. The van der Waals surface area contributed by atoms with Crippen molar-refractivity contribution in [2.75, 3.05) is 58.9 Å². The molecule has 166 valence electrons. The van der Waals surface area contributed by atoms with Crippen LogP contribution in [0.2, 0.25) is 5.02 Å². The van der Waals surface area contributed by atoms with Crippen LogP contribution in [0.1, 0.15) is 19.3 Å². The maximum absolute atomic E-state index is 12.0. The maximum atomic E-state index is 12.0. The zero-order chi connectivity index (χ0) is 21.5. The number of hydrogen-bond donors (Lipinski definition) is 2. The number of nitrogens with one attached hydrogen (secondary N) is 2. The smallest absolute Gasteiger partial charge is 0.243 e. The number of carbonyl (C=O) groups excluding carboxylic acids is 1. The first-order valence-electron chi connectivity index (χ1n) is 10.4. The van der Waals surface area contributed by atoms with E-state index in [0.717, 1.165) is 50.4 Å². The van der Waals surface area contributed by atoms with E-state index in [9.17, 15) is 4.79 Å². The van der Waals surface area contributed by atoms with Crippen LogP contribution < -0.4 is 20.3 Å². The lowest BCUT2D eigenvalue weighted by Crippen LogP contribution is -2.47. The first-order chi connectivity index (χ1) is 14.5. The molecule has 1 aromatic carbocycles. The van der Waals surface area contributed by atoms with Crippen molar-refractivity contribution in [1.82, 2.24) is 15.5 Å². The number of guanidine groups is 1. The number of benzene rings is 1. The van der Waals surface area contributed by atoms with Crippen molar-refractivity contribution >= 4 is 29.2 Å². The van der Waals surface area contributed by atoms with Crippen molar-refractivity contribution in [3.05, 3.63) is 23.2 Å². The molecule has 0 spiro atoms. The van der Waals surface area contributed by atoms with Crippen LogP contribution in [-0.2, 0) is 9.53 Å². The Labute approximate surface area is 183 Å². The second kappa shape index (κ2) is 10.7. The number of anilines is 1. The molecule has 0 saturated carbocycles. The number of rotatable bonds is 7. The summed E-state index contributed by atoms with van der Waals surface area (Å²) in [7, 11) is 5.13. The number of hydrogen-bond acceptors (Lipinski definition) is 5. The summed E-state index contributed by atoms with van der Waals surface area (Å²) in [6, 6.07) is 5.85. The molecule has 0 radical (unpaired) electrons. The molecule has 2 saturated heterocycles. The van der Waals surface area contributed by atoms with E-state index < -0.39 is 0 Å².